The Morgan fingerprint density at radius 1 is 1.29 bits per heavy atom. The van der Waals surface area contributed by atoms with Crippen molar-refractivity contribution in [3.05, 3.63) is 47.0 Å². The highest BCUT2D eigenvalue weighted by atomic mass is 32.2. The highest BCUT2D eigenvalue weighted by molar-refractivity contribution is 8.00. The highest BCUT2D eigenvalue weighted by Crippen LogP contribution is 2.29. The van der Waals surface area contributed by atoms with E-state index in [2.05, 4.69) is 4.98 Å². The Morgan fingerprint density at radius 2 is 2.04 bits per heavy atom. The minimum atomic E-state index is -0.0430. The molecule has 118 valence electrons. The van der Waals surface area contributed by atoms with Crippen LogP contribution in [0.4, 0.5) is 11.5 Å². The fourth-order valence-corrected chi connectivity index (χ4v) is 3.43. The first-order valence-electron chi connectivity index (χ1n) is 7.26. The maximum absolute atomic E-state index is 12.5. The number of amides is 1. The molecule has 0 aliphatic carbocycles. The van der Waals surface area contributed by atoms with Crippen LogP contribution >= 0.6 is 11.8 Å². The molecule has 2 heterocycles. The lowest BCUT2D eigenvalue weighted by molar-refractivity contribution is -0.116. The first kappa shape index (κ1) is 15.9. The van der Waals surface area contributed by atoms with Crippen LogP contribution in [0.15, 0.2) is 35.4 Å². The first-order valence-corrected chi connectivity index (χ1v) is 8.24. The molecule has 0 fully saturated rings. The number of nitrogens with two attached hydrogens (primary N) is 1. The quantitative estimate of drug-likeness (QED) is 0.861. The Bertz CT molecular complexity index is 897. The summed E-state index contributed by atoms with van der Waals surface area (Å²) in [6.45, 7) is 0.660. The predicted octanol–water partition coefficient (Wildman–Crippen LogP) is 2.09. The number of nitrogens with zero attached hydrogens (tertiary/aromatic N) is 4. The van der Waals surface area contributed by atoms with Crippen molar-refractivity contribution in [1.82, 2.24) is 4.98 Å². The molecule has 1 aliphatic heterocycles. The average molecular weight is 335 g/mol. The molecule has 0 saturated carbocycles. The number of pyridine rings is 1. The average Bonchev–Trinajstić information content (AvgIpc) is 3.04. The second-order valence-electron chi connectivity index (χ2n) is 5.21. The summed E-state index contributed by atoms with van der Waals surface area (Å²) in [5.41, 5.74) is 8.21. The minimum absolute atomic E-state index is 0.0430. The van der Waals surface area contributed by atoms with E-state index in [-0.39, 0.29) is 28.6 Å². The van der Waals surface area contributed by atoms with Gasteiger partial charge in [0.05, 0.1) is 16.9 Å². The molecule has 1 aliphatic rings. The van der Waals surface area contributed by atoms with Crippen molar-refractivity contribution < 1.29 is 4.79 Å². The van der Waals surface area contributed by atoms with Gasteiger partial charge >= 0.3 is 0 Å². The highest BCUT2D eigenvalue weighted by Gasteiger charge is 2.24. The summed E-state index contributed by atoms with van der Waals surface area (Å²) in [5, 5.41) is 18.5. The van der Waals surface area contributed by atoms with Gasteiger partial charge in [-0.3, -0.25) is 4.79 Å². The second-order valence-corrected chi connectivity index (χ2v) is 6.17. The van der Waals surface area contributed by atoms with Gasteiger partial charge in [0, 0.05) is 12.2 Å². The Kier molecular flexibility index (Phi) is 4.37. The minimum Gasteiger partial charge on any atom is -0.383 e. The number of hydrogen-bond donors (Lipinski definition) is 1. The molecule has 0 unspecified atom stereocenters. The van der Waals surface area contributed by atoms with Gasteiger partial charge in [0.15, 0.2) is 0 Å². The van der Waals surface area contributed by atoms with Crippen molar-refractivity contribution in [2.45, 2.75) is 11.4 Å². The van der Waals surface area contributed by atoms with E-state index >= 15 is 0 Å². The van der Waals surface area contributed by atoms with Crippen molar-refractivity contribution in [2.75, 3.05) is 22.9 Å². The van der Waals surface area contributed by atoms with E-state index in [1.54, 1.807) is 4.90 Å². The summed E-state index contributed by atoms with van der Waals surface area (Å²) in [6, 6.07) is 13.1. The van der Waals surface area contributed by atoms with Crippen LogP contribution in [-0.2, 0) is 11.2 Å². The molecule has 0 spiro atoms. The molecule has 2 aromatic rings. The fourth-order valence-electron chi connectivity index (χ4n) is 2.59. The molecule has 0 radical (unpaired) electrons. The number of carbonyl (C=O) groups excluding carboxylic acids is 1. The van der Waals surface area contributed by atoms with Crippen molar-refractivity contribution in [1.29, 1.82) is 10.5 Å². The van der Waals surface area contributed by atoms with Gasteiger partial charge in [-0.15, -0.1) is 0 Å². The van der Waals surface area contributed by atoms with Gasteiger partial charge in [-0.25, -0.2) is 4.98 Å². The third-order valence-corrected chi connectivity index (χ3v) is 4.75. The van der Waals surface area contributed by atoms with Crippen LogP contribution in [0.25, 0.3) is 0 Å². The van der Waals surface area contributed by atoms with Crippen LogP contribution in [-0.4, -0.2) is 23.2 Å². The maximum Gasteiger partial charge on any atom is 0.237 e. The van der Waals surface area contributed by atoms with E-state index in [1.807, 2.05) is 36.4 Å². The van der Waals surface area contributed by atoms with Gasteiger partial charge in [-0.1, -0.05) is 30.0 Å². The SMILES string of the molecule is N#Cc1cc(C#N)c(SCC(=O)N2CCc3ccccc32)nc1N. The molecular weight excluding hydrogens is 322 g/mol. The smallest absolute Gasteiger partial charge is 0.237 e. The number of hydrogen-bond acceptors (Lipinski definition) is 6. The molecule has 0 bridgehead atoms. The van der Waals surface area contributed by atoms with E-state index in [0.717, 1.165) is 29.4 Å². The Hall–Kier alpha value is -3.03. The Balaban J connectivity index is 1.75. The van der Waals surface area contributed by atoms with E-state index in [9.17, 15) is 10.1 Å². The summed E-state index contributed by atoms with van der Waals surface area (Å²) < 4.78 is 0. The van der Waals surface area contributed by atoms with Crippen LogP contribution in [0.1, 0.15) is 16.7 Å². The molecule has 24 heavy (non-hydrogen) atoms. The fraction of sp³-hybridized carbons (Fsp3) is 0.176. The molecule has 7 heteroatoms. The van der Waals surface area contributed by atoms with Crippen molar-refractivity contribution >= 4 is 29.2 Å². The standard InChI is InChI=1S/C17H13N5OS/c18-8-12-7-13(9-19)17(21-16(12)20)24-10-15(23)22-6-5-11-3-1-2-4-14(11)22/h1-4,7H,5-6,10H2,(H2,20,21). The molecule has 1 aromatic carbocycles. The van der Waals surface area contributed by atoms with Gasteiger partial charge < -0.3 is 10.6 Å². The number of para-hydroxylation sites is 1. The Labute approximate surface area is 143 Å². The van der Waals surface area contributed by atoms with Gasteiger partial charge in [0.25, 0.3) is 0 Å². The third-order valence-electron chi connectivity index (χ3n) is 3.78. The zero-order valence-electron chi connectivity index (χ0n) is 12.7. The van der Waals surface area contributed by atoms with Gasteiger partial charge in [-0.2, -0.15) is 10.5 Å². The molecule has 1 aromatic heterocycles. The number of benzene rings is 1. The van der Waals surface area contributed by atoms with Crippen LogP contribution < -0.4 is 10.6 Å². The number of carbonyl (C=O) groups is 1. The van der Waals surface area contributed by atoms with Crippen molar-refractivity contribution in [3.63, 3.8) is 0 Å². The Morgan fingerprint density at radius 3 is 2.79 bits per heavy atom. The number of aromatic nitrogens is 1. The summed E-state index contributed by atoms with van der Waals surface area (Å²) >= 11 is 1.16. The van der Waals surface area contributed by atoms with E-state index in [4.69, 9.17) is 11.0 Å². The topological polar surface area (TPSA) is 107 Å². The van der Waals surface area contributed by atoms with Gasteiger partial charge in [-0.05, 0) is 24.1 Å². The van der Waals surface area contributed by atoms with Crippen LogP contribution in [0, 0.1) is 22.7 Å². The molecule has 3 rings (SSSR count). The third kappa shape index (κ3) is 2.90. The van der Waals surface area contributed by atoms with Crippen LogP contribution in [0.2, 0.25) is 0 Å². The molecule has 1 amide bonds. The lowest BCUT2D eigenvalue weighted by atomic mass is 10.2. The largest absolute Gasteiger partial charge is 0.383 e. The molecular formula is C17H13N5OS. The number of thioether (sulfide) groups is 1. The first-order chi connectivity index (χ1) is 11.6. The maximum atomic E-state index is 12.5. The monoisotopic (exact) mass is 335 g/mol. The number of nitrogen functional groups attached to an aromatic ring is 1. The summed E-state index contributed by atoms with van der Waals surface area (Å²) in [4.78, 5) is 18.3. The van der Waals surface area contributed by atoms with E-state index in [0.29, 0.717) is 11.6 Å². The number of nitriles is 2. The zero-order chi connectivity index (χ0) is 17.1. The van der Waals surface area contributed by atoms with E-state index < -0.39 is 0 Å². The summed E-state index contributed by atoms with van der Waals surface area (Å²) in [5.74, 6) is 0.179. The van der Waals surface area contributed by atoms with Gasteiger partial charge in [0.1, 0.15) is 23.0 Å². The lowest BCUT2D eigenvalue weighted by Crippen LogP contribution is -2.30. The normalized spacial score (nSPS) is 12.3. The van der Waals surface area contributed by atoms with Gasteiger partial charge in [0.2, 0.25) is 5.91 Å². The van der Waals surface area contributed by atoms with Crippen molar-refractivity contribution in [2.24, 2.45) is 0 Å². The van der Waals surface area contributed by atoms with E-state index in [1.165, 1.54) is 6.07 Å². The van der Waals surface area contributed by atoms with Crippen LogP contribution in [0.3, 0.4) is 0 Å². The zero-order valence-corrected chi connectivity index (χ0v) is 13.5. The molecule has 0 atom stereocenters. The van der Waals surface area contributed by atoms with Crippen molar-refractivity contribution in [3.8, 4) is 12.1 Å². The predicted molar refractivity (Wildman–Crippen MR) is 91.3 cm³/mol. The molecule has 6 nitrogen and oxygen atoms in total. The number of anilines is 2. The molecule has 0 saturated heterocycles. The number of fused-ring (bicyclic) bond motifs is 1. The molecule has 2 N–H and O–H groups in total. The van der Waals surface area contributed by atoms with Crippen LogP contribution in [0.5, 0.6) is 0 Å². The summed E-state index contributed by atoms with van der Waals surface area (Å²) in [7, 11) is 0. The lowest BCUT2D eigenvalue weighted by Gasteiger charge is -2.17. The number of rotatable bonds is 3. The second kappa shape index (κ2) is 6.61. The summed E-state index contributed by atoms with van der Waals surface area (Å²) in [6.07, 6.45) is 0.845.